The molecule has 4 rings (SSSR count). The molecule has 1 aliphatic carbocycles. The number of aromatic amines is 1. The van der Waals surface area contributed by atoms with Crippen LogP contribution in [0.1, 0.15) is 53.0 Å². The molecule has 2 aromatic heterocycles. The highest BCUT2D eigenvalue weighted by Crippen LogP contribution is 2.22. The van der Waals surface area contributed by atoms with Crippen molar-refractivity contribution in [2.75, 3.05) is 13.1 Å². The van der Waals surface area contributed by atoms with E-state index in [4.69, 9.17) is 4.98 Å². The number of rotatable bonds is 4. The first-order chi connectivity index (χ1) is 12.2. The number of aryl methyl sites for hydroxylation is 2. The number of nitrogens with zero attached hydrogens (tertiary/aromatic N) is 3. The fraction of sp³-hybridized carbons (Fsp3) is 0.556. The van der Waals surface area contributed by atoms with Crippen LogP contribution in [0.3, 0.4) is 0 Å². The maximum atomic E-state index is 12.5. The van der Waals surface area contributed by atoms with Gasteiger partial charge in [-0.15, -0.1) is 0 Å². The Bertz CT molecular complexity index is 784. The third kappa shape index (κ3) is 3.28. The molecular weight excluding hydrogens is 316 g/mol. The van der Waals surface area contributed by atoms with Crippen LogP contribution < -0.4 is 10.6 Å². The van der Waals surface area contributed by atoms with Crippen LogP contribution in [-0.2, 0) is 30.5 Å². The lowest BCUT2D eigenvalue weighted by atomic mass is 9.95. The second kappa shape index (κ2) is 6.92. The van der Waals surface area contributed by atoms with Crippen molar-refractivity contribution in [3.63, 3.8) is 0 Å². The molecule has 0 saturated carbocycles. The van der Waals surface area contributed by atoms with E-state index in [2.05, 4.69) is 32.5 Å². The standard InChI is InChI=1S/C18H24N6O/c1-11-12-4-2-3-5-13(12)24-15(23-11)7-9-20-18(25)17-16-14(6-8-19-17)21-10-22-16/h10,17,19H,2-9H2,1H3,(H,20,25)(H,21,22)/t17-/m0/s1. The van der Waals surface area contributed by atoms with Crippen molar-refractivity contribution in [3.05, 3.63) is 40.5 Å². The maximum absolute atomic E-state index is 12.5. The van der Waals surface area contributed by atoms with Crippen LogP contribution in [0.25, 0.3) is 0 Å². The van der Waals surface area contributed by atoms with E-state index >= 15 is 0 Å². The highest BCUT2D eigenvalue weighted by Gasteiger charge is 2.28. The highest BCUT2D eigenvalue weighted by molar-refractivity contribution is 5.83. The minimum Gasteiger partial charge on any atom is -0.354 e. The lowest BCUT2D eigenvalue weighted by Gasteiger charge is -2.22. The summed E-state index contributed by atoms with van der Waals surface area (Å²) >= 11 is 0. The number of H-pyrrole nitrogens is 1. The largest absolute Gasteiger partial charge is 0.354 e. The Morgan fingerprint density at radius 2 is 2.16 bits per heavy atom. The summed E-state index contributed by atoms with van der Waals surface area (Å²) in [7, 11) is 0. The highest BCUT2D eigenvalue weighted by atomic mass is 16.2. The van der Waals surface area contributed by atoms with Crippen molar-refractivity contribution in [3.8, 4) is 0 Å². The van der Waals surface area contributed by atoms with E-state index in [9.17, 15) is 4.79 Å². The molecule has 132 valence electrons. The van der Waals surface area contributed by atoms with E-state index in [1.807, 2.05) is 0 Å². The van der Waals surface area contributed by atoms with Gasteiger partial charge in [0.2, 0.25) is 5.91 Å². The summed E-state index contributed by atoms with van der Waals surface area (Å²) in [5.74, 6) is 0.790. The van der Waals surface area contributed by atoms with Crippen LogP contribution in [-0.4, -0.2) is 38.9 Å². The number of imidazole rings is 1. The SMILES string of the molecule is Cc1nc(CCNC(=O)[C@H]2NCCc3[nH]cnc32)nc2c1CCCC2. The molecule has 3 heterocycles. The fourth-order valence-corrected chi connectivity index (χ4v) is 3.79. The van der Waals surface area contributed by atoms with E-state index in [0.29, 0.717) is 13.0 Å². The quantitative estimate of drug-likeness (QED) is 0.770. The predicted octanol–water partition coefficient (Wildman–Crippen LogP) is 0.933. The molecule has 2 aliphatic rings. The molecule has 0 radical (unpaired) electrons. The third-order valence-corrected chi connectivity index (χ3v) is 5.09. The molecule has 1 atom stereocenters. The van der Waals surface area contributed by atoms with Gasteiger partial charge in [0.05, 0.1) is 12.0 Å². The summed E-state index contributed by atoms with van der Waals surface area (Å²) in [5, 5.41) is 6.23. The Morgan fingerprint density at radius 3 is 3.08 bits per heavy atom. The van der Waals surface area contributed by atoms with Crippen molar-refractivity contribution in [1.29, 1.82) is 0 Å². The van der Waals surface area contributed by atoms with Gasteiger partial charge < -0.3 is 15.6 Å². The average molecular weight is 340 g/mol. The zero-order valence-corrected chi connectivity index (χ0v) is 14.6. The molecule has 2 aromatic rings. The topological polar surface area (TPSA) is 95.6 Å². The molecule has 0 spiro atoms. The van der Waals surface area contributed by atoms with Crippen LogP contribution in [0.5, 0.6) is 0 Å². The lowest BCUT2D eigenvalue weighted by Crippen LogP contribution is -2.42. The van der Waals surface area contributed by atoms with E-state index in [-0.39, 0.29) is 11.9 Å². The van der Waals surface area contributed by atoms with Crippen LogP contribution in [0.4, 0.5) is 0 Å². The van der Waals surface area contributed by atoms with Gasteiger partial charge in [-0.25, -0.2) is 15.0 Å². The summed E-state index contributed by atoms with van der Waals surface area (Å²) in [6.45, 7) is 3.38. The first-order valence-corrected chi connectivity index (χ1v) is 9.11. The van der Waals surface area contributed by atoms with Crippen molar-refractivity contribution in [1.82, 2.24) is 30.6 Å². The number of amides is 1. The first-order valence-electron chi connectivity index (χ1n) is 9.11. The molecule has 1 aliphatic heterocycles. The molecule has 1 amide bonds. The van der Waals surface area contributed by atoms with E-state index in [1.165, 1.54) is 24.1 Å². The summed E-state index contributed by atoms with van der Waals surface area (Å²) in [4.78, 5) is 29.2. The normalized spacial score (nSPS) is 19.2. The number of aromatic nitrogens is 4. The van der Waals surface area contributed by atoms with E-state index in [0.717, 1.165) is 48.7 Å². The van der Waals surface area contributed by atoms with Gasteiger partial charge >= 0.3 is 0 Å². The molecular formula is C18H24N6O. The lowest BCUT2D eigenvalue weighted by molar-refractivity contribution is -0.123. The number of hydrogen-bond donors (Lipinski definition) is 3. The second-order valence-corrected chi connectivity index (χ2v) is 6.80. The fourth-order valence-electron chi connectivity index (χ4n) is 3.79. The second-order valence-electron chi connectivity index (χ2n) is 6.80. The summed E-state index contributed by atoms with van der Waals surface area (Å²) < 4.78 is 0. The summed E-state index contributed by atoms with van der Waals surface area (Å²) in [6, 6.07) is -0.374. The number of hydrogen-bond acceptors (Lipinski definition) is 5. The number of fused-ring (bicyclic) bond motifs is 2. The molecule has 0 aromatic carbocycles. The predicted molar refractivity (Wildman–Crippen MR) is 93.2 cm³/mol. The van der Waals surface area contributed by atoms with Crippen LogP contribution >= 0.6 is 0 Å². The van der Waals surface area contributed by atoms with E-state index in [1.54, 1.807) is 6.33 Å². The van der Waals surface area contributed by atoms with Crippen molar-refractivity contribution < 1.29 is 4.79 Å². The Balaban J connectivity index is 1.37. The zero-order chi connectivity index (χ0) is 17.2. The molecule has 0 unspecified atom stereocenters. The van der Waals surface area contributed by atoms with Gasteiger partial charge in [-0.3, -0.25) is 4.79 Å². The minimum absolute atomic E-state index is 0.0391. The van der Waals surface area contributed by atoms with Gasteiger partial charge in [0, 0.05) is 43.0 Å². The molecule has 3 N–H and O–H groups in total. The van der Waals surface area contributed by atoms with E-state index < -0.39 is 0 Å². The molecule has 0 bridgehead atoms. The molecule has 25 heavy (non-hydrogen) atoms. The van der Waals surface area contributed by atoms with Crippen LogP contribution in [0.2, 0.25) is 0 Å². The van der Waals surface area contributed by atoms with Crippen LogP contribution in [0, 0.1) is 6.92 Å². The minimum atomic E-state index is -0.374. The van der Waals surface area contributed by atoms with Gasteiger partial charge in [0.15, 0.2) is 0 Å². The molecule has 0 saturated heterocycles. The smallest absolute Gasteiger partial charge is 0.243 e. The molecule has 0 fully saturated rings. The maximum Gasteiger partial charge on any atom is 0.243 e. The van der Waals surface area contributed by atoms with Gasteiger partial charge in [0.1, 0.15) is 11.9 Å². The third-order valence-electron chi connectivity index (χ3n) is 5.09. The summed E-state index contributed by atoms with van der Waals surface area (Å²) in [5.41, 5.74) is 5.49. The monoisotopic (exact) mass is 340 g/mol. The van der Waals surface area contributed by atoms with Crippen LogP contribution in [0.15, 0.2) is 6.33 Å². The van der Waals surface area contributed by atoms with Gasteiger partial charge in [-0.05, 0) is 38.2 Å². The Labute approximate surface area is 147 Å². The Morgan fingerprint density at radius 1 is 1.28 bits per heavy atom. The van der Waals surface area contributed by atoms with Crippen molar-refractivity contribution in [2.45, 2.75) is 51.5 Å². The molecule has 7 heteroatoms. The van der Waals surface area contributed by atoms with Gasteiger partial charge in [0.25, 0.3) is 0 Å². The van der Waals surface area contributed by atoms with Gasteiger partial charge in [-0.1, -0.05) is 0 Å². The van der Waals surface area contributed by atoms with Crippen molar-refractivity contribution in [2.24, 2.45) is 0 Å². The first kappa shape index (κ1) is 16.2. The number of carbonyl (C=O) groups is 1. The number of nitrogens with one attached hydrogen (secondary N) is 3. The average Bonchev–Trinajstić information content (AvgIpc) is 3.10. The Hall–Kier alpha value is -2.28. The summed E-state index contributed by atoms with van der Waals surface area (Å²) in [6.07, 6.45) is 7.77. The van der Waals surface area contributed by atoms with Crippen molar-refractivity contribution >= 4 is 5.91 Å². The zero-order valence-electron chi connectivity index (χ0n) is 14.6. The number of carbonyl (C=O) groups excluding carboxylic acids is 1. The molecule has 7 nitrogen and oxygen atoms in total. The van der Waals surface area contributed by atoms with Gasteiger partial charge in [-0.2, -0.15) is 0 Å². The Kier molecular flexibility index (Phi) is 4.48.